The van der Waals surface area contributed by atoms with Crippen LogP contribution in [-0.2, 0) is 4.74 Å². The molecule has 3 rings (SSSR count). The summed E-state index contributed by atoms with van der Waals surface area (Å²) in [6.07, 6.45) is -0.434. The smallest absolute Gasteiger partial charge is 0.407 e. The molecule has 0 aliphatic carbocycles. The number of rotatable bonds is 4. The van der Waals surface area contributed by atoms with E-state index in [9.17, 15) is 4.79 Å². The van der Waals surface area contributed by atoms with E-state index < -0.39 is 11.7 Å². The monoisotopic (exact) mass is 326 g/mol. The van der Waals surface area contributed by atoms with Crippen LogP contribution in [0.4, 0.5) is 4.79 Å². The van der Waals surface area contributed by atoms with Crippen molar-refractivity contribution in [3.63, 3.8) is 0 Å². The van der Waals surface area contributed by atoms with E-state index in [1.165, 1.54) is 0 Å². The minimum atomic E-state index is -0.499. The number of amides is 1. The maximum absolute atomic E-state index is 11.6. The molecular weight excluding hydrogens is 304 g/mol. The van der Waals surface area contributed by atoms with Crippen LogP contribution in [0.25, 0.3) is 21.8 Å². The number of fused-ring (bicyclic) bond motifs is 3. The highest BCUT2D eigenvalue weighted by molar-refractivity contribution is 6.10. The van der Waals surface area contributed by atoms with Gasteiger partial charge in [-0.25, -0.2) is 4.79 Å². The third-order valence-corrected chi connectivity index (χ3v) is 3.52. The van der Waals surface area contributed by atoms with E-state index in [1.807, 2.05) is 57.2 Å². The predicted octanol–water partition coefficient (Wildman–Crippen LogP) is 4.22. The number of carbonyl (C=O) groups is 1. The molecule has 0 atom stereocenters. The van der Waals surface area contributed by atoms with Crippen LogP contribution in [-0.4, -0.2) is 29.8 Å². The maximum atomic E-state index is 11.6. The first-order chi connectivity index (χ1) is 11.4. The lowest BCUT2D eigenvalue weighted by molar-refractivity contribution is 0.0520. The molecule has 0 spiro atoms. The molecule has 0 aliphatic rings. The summed E-state index contributed by atoms with van der Waals surface area (Å²) in [5, 5.41) is 4.88. The molecule has 2 aromatic carbocycles. The van der Waals surface area contributed by atoms with Gasteiger partial charge in [0.1, 0.15) is 18.0 Å². The SMILES string of the molecule is CC(C)(C)OC(=O)NCCOc1cccc2[nH]c3ccccc3c12. The lowest BCUT2D eigenvalue weighted by Crippen LogP contribution is -2.34. The molecule has 0 unspecified atom stereocenters. The fourth-order valence-electron chi connectivity index (χ4n) is 2.62. The molecule has 5 nitrogen and oxygen atoms in total. The van der Waals surface area contributed by atoms with Crippen LogP contribution in [0.3, 0.4) is 0 Å². The first kappa shape index (κ1) is 16.2. The van der Waals surface area contributed by atoms with Crippen molar-refractivity contribution < 1.29 is 14.3 Å². The summed E-state index contributed by atoms with van der Waals surface area (Å²) in [4.78, 5) is 15.0. The number of para-hydroxylation sites is 1. The molecule has 0 radical (unpaired) electrons. The van der Waals surface area contributed by atoms with Crippen LogP contribution in [0, 0.1) is 0 Å². The lowest BCUT2D eigenvalue weighted by Gasteiger charge is -2.19. The Labute approximate surface area is 140 Å². The van der Waals surface area contributed by atoms with Gasteiger partial charge in [-0.05, 0) is 39.0 Å². The quantitative estimate of drug-likeness (QED) is 0.705. The molecular formula is C19H22N2O3. The van der Waals surface area contributed by atoms with E-state index in [2.05, 4.69) is 16.4 Å². The van der Waals surface area contributed by atoms with Gasteiger partial charge in [-0.2, -0.15) is 0 Å². The number of aromatic nitrogens is 1. The van der Waals surface area contributed by atoms with Crippen molar-refractivity contribution in [1.29, 1.82) is 0 Å². The number of H-pyrrole nitrogens is 1. The zero-order chi connectivity index (χ0) is 17.2. The van der Waals surface area contributed by atoms with Crippen LogP contribution < -0.4 is 10.1 Å². The van der Waals surface area contributed by atoms with Crippen molar-refractivity contribution in [3.8, 4) is 5.75 Å². The van der Waals surface area contributed by atoms with Gasteiger partial charge < -0.3 is 19.8 Å². The maximum Gasteiger partial charge on any atom is 0.407 e. The first-order valence-electron chi connectivity index (χ1n) is 8.03. The number of carbonyl (C=O) groups excluding carboxylic acids is 1. The van der Waals surface area contributed by atoms with E-state index in [1.54, 1.807) is 0 Å². The minimum Gasteiger partial charge on any atom is -0.491 e. The summed E-state index contributed by atoms with van der Waals surface area (Å²) in [7, 11) is 0. The molecule has 1 amide bonds. The minimum absolute atomic E-state index is 0.373. The molecule has 0 bridgehead atoms. The van der Waals surface area contributed by atoms with Gasteiger partial charge in [-0.15, -0.1) is 0 Å². The second kappa shape index (κ2) is 6.43. The van der Waals surface area contributed by atoms with Crippen LogP contribution in [0.2, 0.25) is 0 Å². The molecule has 24 heavy (non-hydrogen) atoms. The van der Waals surface area contributed by atoms with E-state index >= 15 is 0 Å². The number of hydrogen-bond acceptors (Lipinski definition) is 3. The summed E-state index contributed by atoms with van der Waals surface area (Å²) < 4.78 is 11.1. The Morgan fingerprint density at radius 2 is 1.83 bits per heavy atom. The number of hydrogen-bond donors (Lipinski definition) is 2. The highest BCUT2D eigenvalue weighted by Crippen LogP contribution is 2.32. The third kappa shape index (κ3) is 3.62. The number of nitrogens with one attached hydrogen (secondary N) is 2. The molecule has 1 heterocycles. The summed E-state index contributed by atoms with van der Waals surface area (Å²) in [5.74, 6) is 0.802. The third-order valence-electron chi connectivity index (χ3n) is 3.52. The Morgan fingerprint density at radius 1 is 1.08 bits per heavy atom. The Hall–Kier alpha value is -2.69. The Morgan fingerprint density at radius 3 is 2.62 bits per heavy atom. The van der Waals surface area contributed by atoms with E-state index in [0.29, 0.717) is 13.2 Å². The first-order valence-corrected chi connectivity index (χ1v) is 8.03. The van der Waals surface area contributed by atoms with Crippen molar-refractivity contribution in [2.75, 3.05) is 13.2 Å². The summed E-state index contributed by atoms with van der Waals surface area (Å²) >= 11 is 0. The number of aromatic amines is 1. The Balaban J connectivity index is 1.67. The van der Waals surface area contributed by atoms with Crippen LogP contribution in [0.15, 0.2) is 42.5 Å². The van der Waals surface area contributed by atoms with Crippen LogP contribution in [0.1, 0.15) is 20.8 Å². The second-order valence-corrected chi connectivity index (χ2v) is 6.63. The van der Waals surface area contributed by atoms with Gasteiger partial charge in [0.15, 0.2) is 0 Å². The fourth-order valence-corrected chi connectivity index (χ4v) is 2.62. The van der Waals surface area contributed by atoms with Crippen LogP contribution >= 0.6 is 0 Å². The van der Waals surface area contributed by atoms with Crippen molar-refractivity contribution in [2.45, 2.75) is 26.4 Å². The van der Waals surface area contributed by atoms with E-state index in [0.717, 1.165) is 27.6 Å². The van der Waals surface area contributed by atoms with Crippen molar-refractivity contribution in [1.82, 2.24) is 10.3 Å². The molecule has 5 heteroatoms. The van der Waals surface area contributed by atoms with Crippen molar-refractivity contribution >= 4 is 27.9 Å². The molecule has 126 valence electrons. The molecule has 0 saturated heterocycles. The van der Waals surface area contributed by atoms with Gasteiger partial charge in [-0.3, -0.25) is 0 Å². The molecule has 2 N–H and O–H groups in total. The van der Waals surface area contributed by atoms with Gasteiger partial charge >= 0.3 is 6.09 Å². The van der Waals surface area contributed by atoms with Gasteiger partial charge in [0.2, 0.25) is 0 Å². The Kier molecular flexibility index (Phi) is 4.34. The zero-order valence-corrected chi connectivity index (χ0v) is 14.2. The molecule has 0 aliphatic heterocycles. The number of benzene rings is 2. The molecule has 0 fully saturated rings. The topological polar surface area (TPSA) is 63.4 Å². The molecule has 1 aromatic heterocycles. The van der Waals surface area contributed by atoms with Gasteiger partial charge in [-0.1, -0.05) is 24.3 Å². The summed E-state index contributed by atoms with van der Waals surface area (Å²) in [6.45, 7) is 6.26. The standard InChI is InChI=1S/C19H22N2O3/c1-19(2,3)24-18(22)20-11-12-23-16-10-6-9-15-17(16)13-7-4-5-8-14(13)21-15/h4-10,21H,11-12H2,1-3H3,(H,20,22). The zero-order valence-electron chi connectivity index (χ0n) is 14.2. The van der Waals surface area contributed by atoms with Crippen molar-refractivity contribution in [2.24, 2.45) is 0 Å². The number of ether oxygens (including phenoxy) is 2. The summed E-state index contributed by atoms with van der Waals surface area (Å²) in [5.41, 5.74) is 1.62. The van der Waals surface area contributed by atoms with E-state index in [4.69, 9.17) is 9.47 Å². The highest BCUT2D eigenvalue weighted by atomic mass is 16.6. The Bertz CT molecular complexity index is 862. The van der Waals surface area contributed by atoms with Crippen LogP contribution in [0.5, 0.6) is 5.75 Å². The van der Waals surface area contributed by atoms with Gasteiger partial charge in [0.05, 0.1) is 12.1 Å². The summed E-state index contributed by atoms with van der Waals surface area (Å²) in [6, 6.07) is 14.0. The van der Waals surface area contributed by atoms with E-state index in [-0.39, 0.29) is 0 Å². The average Bonchev–Trinajstić information content (AvgIpc) is 2.89. The fraction of sp³-hybridized carbons (Fsp3) is 0.316. The lowest BCUT2D eigenvalue weighted by atomic mass is 10.1. The second-order valence-electron chi connectivity index (χ2n) is 6.63. The number of alkyl carbamates (subject to hydrolysis) is 1. The molecule has 0 saturated carbocycles. The van der Waals surface area contributed by atoms with Gasteiger partial charge in [0.25, 0.3) is 0 Å². The predicted molar refractivity (Wildman–Crippen MR) is 95.5 cm³/mol. The largest absolute Gasteiger partial charge is 0.491 e. The van der Waals surface area contributed by atoms with Crippen molar-refractivity contribution in [3.05, 3.63) is 42.5 Å². The molecule has 3 aromatic rings. The highest BCUT2D eigenvalue weighted by Gasteiger charge is 2.15. The average molecular weight is 326 g/mol. The van der Waals surface area contributed by atoms with Gasteiger partial charge in [0, 0.05) is 16.3 Å². The normalized spacial score (nSPS) is 11.6.